The number of hydrogen-bond acceptors (Lipinski definition) is 4. The van der Waals surface area contributed by atoms with E-state index in [9.17, 15) is 5.11 Å². The lowest BCUT2D eigenvalue weighted by Gasteiger charge is -2.40. The van der Waals surface area contributed by atoms with Crippen LogP contribution in [0.1, 0.15) is 22.7 Å². The highest BCUT2D eigenvalue weighted by molar-refractivity contribution is 5.32. The lowest BCUT2D eigenvalue weighted by molar-refractivity contribution is 0.0626. The summed E-state index contributed by atoms with van der Waals surface area (Å²) in [6, 6.07) is 32.4. The van der Waals surface area contributed by atoms with Gasteiger partial charge in [-0.05, 0) is 29.7 Å². The second-order valence-corrected chi connectivity index (χ2v) is 8.65. The van der Waals surface area contributed by atoms with Gasteiger partial charge < -0.3 is 10.4 Å². The number of benzene rings is 3. The third-order valence-corrected chi connectivity index (χ3v) is 6.28. The van der Waals surface area contributed by atoms with E-state index in [1.54, 1.807) is 0 Å². The highest BCUT2D eigenvalue weighted by Crippen LogP contribution is 2.29. The third kappa shape index (κ3) is 6.50. The predicted molar refractivity (Wildman–Crippen MR) is 132 cm³/mol. The molecule has 0 aromatic heterocycles. The van der Waals surface area contributed by atoms with Crippen molar-refractivity contribution >= 4 is 0 Å². The van der Waals surface area contributed by atoms with Gasteiger partial charge >= 0.3 is 0 Å². The fourth-order valence-corrected chi connectivity index (χ4v) is 4.60. The number of piperazine rings is 1. The Morgan fingerprint density at radius 2 is 1.25 bits per heavy atom. The molecule has 0 aliphatic carbocycles. The van der Waals surface area contributed by atoms with Gasteiger partial charge in [0.1, 0.15) is 0 Å². The van der Waals surface area contributed by atoms with Crippen LogP contribution in [0.2, 0.25) is 0 Å². The first-order valence-electron chi connectivity index (χ1n) is 11.8. The standard InChI is InChI=1S/C28H35N3O/c32-27(22-29-17-16-24-10-4-1-5-11-24)23-30-18-20-31(21-19-30)28(25-12-6-2-7-13-25)26-14-8-3-9-15-26/h1-15,27-29,32H,16-23H2/t27-/m1/s1. The minimum absolute atomic E-state index is 0.282. The fourth-order valence-electron chi connectivity index (χ4n) is 4.60. The molecule has 32 heavy (non-hydrogen) atoms. The molecule has 4 nitrogen and oxygen atoms in total. The Morgan fingerprint density at radius 3 is 1.81 bits per heavy atom. The van der Waals surface area contributed by atoms with Crippen molar-refractivity contribution in [2.75, 3.05) is 45.8 Å². The molecule has 1 aliphatic heterocycles. The Kier molecular flexibility index (Phi) is 8.46. The van der Waals surface area contributed by atoms with E-state index >= 15 is 0 Å². The number of aliphatic hydroxyl groups is 1. The summed E-state index contributed by atoms with van der Waals surface area (Å²) in [5.74, 6) is 0. The Balaban J connectivity index is 1.24. The van der Waals surface area contributed by atoms with Crippen molar-refractivity contribution in [2.24, 2.45) is 0 Å². The summed E-state index contributed by atoms with van der Waals surface area (Å²) in [6.45, 7) is 6.24. The number of rotatable bonds is 10. The Bertz CT molecular complexity index is 856. The van der Waals surface area contributed by atoms with E-state index in [0.29, 0.717) is 6.54 Å². The van der Waals surface area contributed by atoms with E-state index in [0.717, 1.165) is 45.7 Å². The van der Waals surface area contributed by atoms with Gasteiger partial charge in [-0.25, -0.2) is 0 Å². The van der Waals surface area contributed by atoms with Crippen LogP contribution in [0.4, 0.5) is 0 Å². The molecular formula is C28H35N3O. The molecule has 0 bridgehead atoms. The first-order valence-corrected chi connectivity index (χ1v) is 11.8. The SMILES string of the molecule is O[C@H](CNCCc1ccccc1)CN1CCN(C(c2ccccc2)c2ccccc2)CC1. The maximum absolute atomic E-state index is 10.5. The molecule has 1 fully saturated rings. The maximum atomic E-state index is 10.5. The zero-order valence-corrected chi connectivity index (χ0v) is 18.8. The van der Waals surface area contributed by atoms with E-state index in [2.05, 4.69) is 100 Å². The molecule has 0 saturated carbocycles. The molecule has 0 spiro atoms. The van der Waals surface area contributed by atoms with Crippen LogP contribution in [0.15, 0.2) is 91.0 Å². The van der Waals surface area contributed by atoms with Crippen LogP contribution >= 0.6 is 0 Å². The summed E-state index contributed by atoms with van der Waals surface area (Å²) < 4.78 is 0. The molecule has 0 radical (unpaired) electrons. The minimum Gasteiger partial charge on any atom is -0.390 e. The summed E-state index contributed by atoms with van der Waals surface area (Å²) in [4.78, 5) is 4.97. The second kappa shape index (κ2) is 11.9. The number of aliphatic hydroxyl groups excluding tert-OH is 1. The second-order valence-electron chi connectivity index (χ2n) is 8.65. The molecule has 168 valence electrons. The van der Waals surface area contributed by atoms with Crippen molar-refractivity contribution in [3.8, 4) is 0 Å². The van der Waals surface area contributed by atoms with Gasteiger partial charge in [0, 0.05) is 39.3 Å². The van der Waals surface area contributed by atoms with Gasteiger partial charge in [0.05, 0.1) is 12.1 Å². The van der Waals surface area contributed by atoms with Crippen molar-refractivity contribution in [3.05, 3.63) is 108 Å². The normalized spacial score (nSPS) is 16.3. The van der Waals surface area contributed by atoms with E-state index in [4.69, 9.17) is 0 Å². The maximum Gasteiger partial charge on any atom is 0.0791 e. The van der Waals surface area contributed by atoms with Gasteiger partial charge in [-0.15, -0.1) is 0 Å². The molecule has 4 rings (SSSR count). The van der Waals surface area contributed by atoms with Crippen molar-refractivity contribution in [3.63, 3.8) is 0 Å². The van der Waals surface area contributed by atoms with Gasteiger partial charge in [0.2, 0.25) is 0 Å². The first-order chi connectivity index (χ1) is 15.8. The Hall–Kier alpha value is -2.50. The molecule has 0 amide bonds. The highest BCUT2D eigenvalue weighted by Gasteiger charge is 2.26. The lowest BCUT2D eigenvalue weighted by Crippen LogP contribution is -2.50. The van der Waals surface area contributed by atoms with Crippen LogP contribution in [0, 0.1) is 0 Å². The zero-order valence-electron chi connectivity index (χ0n) is 18.8. The summed E-state index contributed by atoms with van der Waals surface area (Å²) >= 11 is 0. The molecule has 3 aromatic rings. The number of β-amino-alcohol motifs (C(OH)–C–C–N with tert-alkyl or cyclic N) is 1. The van der Waals surface area contributed by atoms with Gasteiger partial charge in [-0.3, -0.25) is 9.80 Å². The molecule has 0 unspecified atom stereocenters. The molecule has 1 saturated heterocycles. The van der Waals surface area contributed by atoms with Crippen LogP contribution in [0.25, 0.3) is 0 Å². The van der Waals surface area contributed by atoms with E-state index in [1.807, 2.05) is 6.07 Å². The van der Waals surface area contributed by atoms with E-state index in [1.165, 1.54) is 16.7 Å². The van der Waals surface area contributed by atoms with Gasteiger partial charge in [0.25, 0.3) is 0 Å². The summed E-state index contributed by atoms with van der Waals surface area (Å²) in [6.07, 6.45) is 0.656. The van der Waals surface area contributed by atoms with E-state index in [-0.39, 0.29) is 12.1 Å². The third-order valence-electron chi connectivity index (χ3n) is 6.28. The predicted octanol–water partition coefficient (Wildman–Crippen LogP) is 3.59. The van der Waals surface area contributed by atoms with Crippen LogP contribution < -0.4 is 5.32 Å². The van der Waals surface area contributed by atoms with Gasteiger partial charge in [-0.2, -0.15) is 0 Å². The van der Waals surface area contributed by atoms with Crippen molar-refractivity contribution in [2.45, 2.75) is 18.6 Å². The number of nitrogens with zero attached hydrogens (tertiary/aromatic N) is 2. The smallest absolute Gasteiger partial charge is 0.0791 e. The van der Waals surface area contributed by atoms with Crippen molar-refractivity contribution in [1.82, 2.24) is 15.1 Å². The Morgan fingerprint density at radius 1 is 0.719 bits per heavy atom. The largest absolute Gasteiger partial charge is 0.390 e. The van der Waals surface area contributed by atoms with Gasteiger partial charge in [0.15, 0.2) is 0 Å². The molecule has 1 atom stereocenters. The quantitative estimate of drug-likeness (QED) is 0.483. The minimum atomic E-state index is -0.337. The average Bonchev–Trinajstić information content (AvgIpc) is 2.85. The topological polar surface area (TPSA) is 38.7 Å². The van der Waals surface area contributed by atoms with Crippen molar-refractivity contribution < 1.29 is 5.11 Å². The monoisotopic (exact) mass is 429 g/mol. The number of hydrogen-bond donors (Lipinski definition) is 2. The molecular weight excluding hydrogens is 394 g/mol. The first kappa shape index (κ1) is 22.7. The van der Waals surface area contributed by atoms with Crippen LogP contribution in [0.3, 0.4) is 0 Å². The average molecular weight is 430 g/mol. The number of nitrogens with one attached hydrogen (secondary N) is 1. The van der Waals surface area contributed by atoms with E-state index < -0.39 is 0 Å². The molecule has 1 aliphatic rings. The van der Waals surface area contributed by atoms with Crippen LogP contribution in [-0.2, 0) is 6.42 Å². The molecule has 2 N–H and O–H groups in total. The summed E-state index contributed by atoms with van der Waals surface area (Å²) in [7, 11) is 0. The molecule has 1 heterocycles. The van der Waals surface area contributed by atoms with Crippen LogP contribution in [-0.4, -0.2) is 66.8 Å². The Labute approximate surface area is 192 Å². The lowest BCUT2D eigenvalue weighted by atomic mass is 9.96. The van der Waals surface area contributed by atoms with Crippen molar-refractivity contribution in [1.29, 1.82) is 0 Å². The van der Waals surface area contributed by atoms with Gasteiger partial charge in [-0.1, -0.05) is 91.0 Å². The highest BCUT2D eigenvalue weighted by atomic mass is 16.3. The zero-order chi connectivity index (χ0) is 22.0. The fraction of sp³-hybridized carbons (Fsp3) is 0.357. The summed E-state index contributed by atoms with van der Waals surface area (Å²) in [5.41, 5.74) is 4.02. The molecule has 4 heteroatoms. The molecule has 3 aromatic carbocycles. The van der Waals surface area contributed by atoms with Crippen LogP contribution in [0.5, 0.6) is 0 Å². The summed E-state index contributed by atoms with van der Waals surface area (Å²) in [5, 5.41) is 13.9.